The van der Waals surface area contributed by atoms with E-state index in [1.807, 2.05) is 24.3 Å². The normalized spacial score (nSPS) is 12.4. The fraction of sp³-hybridized carbons (Fsp3) is 0.533. The Labute approximate surface area is 109 Å². The maximum atomic E-state index is 10.8. The Balaban J connectivity index is 2.82. The summed E-state index contributed by atoms with van der Waals surface area (Å²) in [5, 5.41) is 8.88. The summed E-state index contributed by atoms with van der Waals surface area (Å²) in [5.74, 6) is 0.376. The van der Waals surface area contributed by atoms with E-state index in [0.717, 1.165) is 24.8 Å². The van der Waals surface area contributed by atoms with Crippen molar-refractivity contribution >= 4 is 5.97 Å². The van der Waals surface area contributed by atoms with Gasteiger partial charge in [-0.2, -0.15) is 0 Å². The molecule has 0 bridgehead atoms. The van der Waals surface area contributed by atoms with Crippen LogP contribution in [0.4, 0.5) is 0 Å². The van der Waals surface area contributed by atoms with Gasteiger partial charge < -0.3 is 9.84 Å². The van der Waals surface area contributed by atoms with Crippen LogP contribution in [0.1, 0.15) is 39.2 Å². The quantitative estimate of drug-likeness (QED) is 0.805. The predicted octanol–water partition coefficient (Wildman–Crippen LogP) is 3.52. The minimum atomic E-state index is -0.938. The smallest absolute Gasteiger partial charge is 0.344 e. The average Bonchev–Trinajstić information content (AvgIpc) is 2.37. The molecule has 0 saturated carbocycles. The summed E-state index contributed by atoms with van der Waals surface area (Å²) in [5.41, 5.74) is 1.10. The van der Waals surface area contributed by atoms with Gasteiger partial charge in [-0.25, -0.2) is 4.79 Å². The minimum absolute atomic E-state index is 0.620. The molecule has 0 saturated heterocycles. The number of ether oxygens (including phenoxy) is 1. The van der Waals surface area contributed by atoms with E-state index in [2.05, 4.69) is 13.8 Å². The van der Waals surface area contributed by atoms with Crippen LogP contribution in [0.25, 0.3) is 0 Å². The van der Waals surface area contributed by atoms with E-state index < -0.39 is 12.1 Å². The highest BCUT2D eigenvalue weighted by Gasteiger charge is 2.15. The number of rotatable bonds is 7. The number of para-hydroxylation sites is 1. The predicted molar refractivity (Wildman–Crippen MR) is 71.9 cm³/mol. The molecule has 100 valence electrons. The molecule has 1 aromatic carbocycles. The summed E-state index contributed by atoms with van der Waals surface area (Å²) >= 11 is 0. The summed E-state index contributed by atoms with van der Waals surface area (Å²) in [7, 11) is 0. The van der Waals surface area contributed by atoms with Crippen molar-refractivity contribution in [3.05, 3.63) is 29.8 Å². The van der Waals surface area contributed by atoms with Crippen molar-refractivity contribution in [1.29, 1.82) is 0 Å². The van der Waals surface area contributed by atoms with Gasteiger partial charge in [0.2, 0.25) is 0 Å². The average molecular weight is 250 g/mol. The molecule has 1 N–H and O–H groups in total. The molecule has 0 aliphatic heterocycles. The van der Waals surface area contributed by atoms with Crippen LogP contribution in [0.15, 0.2) is 24.3 Å². The molecular formula is C15H22O3. The SMILES string of the molecule is CCC(CC)Cc1ccccc1OC(C)C(=O)O. The number of benzene rings is 1. The van der Waals surface area contributed by atoms with Gasteiger partial charge in [0.1, 0.15) is 5.75 Å². The largest absolute Gasteiger partial charge is 0.479 e. The van der Waals surface area contributed by atoms with Crippen LogP contribution in [0.5, 0.6) is 5.75 Å². The highest BCUT2D eigenvalue weighted by molar-refractivity contribution is 5.72. The van der Waals surface area contributed by atoms with E-state index in [1.165, 1.54) is 0 Å². The number of aliphatic carboxylic acids is 1. The first kappa shape index (κ1) is 14.6. The number of hydrogen-bond acceptors (Lipinski definition) is 2. The second-order valence-corrected chi connectivity index (χ2v) is 4.59. The van der Waals surface area contributed by atoms with Crippen molar-refractivity contribution in [3.8, 4) is 5.75 Å². The molecule has 0 spiro atoms. The molecule has 0 heterocycles. The third-order valence-electron chi connectivity index (χ3n) is 3.29. The Kier molecular flexibility index (Phi) is 5.69. The lowest BCUT2D eigenvalue weighted by Gasteiger charge is -2.17. The molecule has 18 heavy (non-hydrogen) atoms. The van der Waals surface area contributed by atoms with E-state index >= 15 is 0 Å². The van der Waals surface area contributed by atoms with E-state index in [9.17, 15) is 4.79 Å². The van der Waals surface area contributed by atoms with Gasteiger partial charge in [-0.1, -0.05) is 44.9 Å². The van der Waals surface area contributed by atoms with Crippen molar-refractivity contribution in [2.45, 2.75) is 46.1 Å². The maximum Gasteiger partial charge on any atom is 0.344 e. The molecule has 1 rings (SSSR count). The highest BCUT2D eigenvalue weighted by atomic mass is 16.5. The zero-order valence-electron chi connectivity index (χ0n) is 11.3. The molecule has 1 unspecified atom stereocenters. The lowest BCUT2D eigenvalue weighted by molar-refractivity contribution is -0.144. The molecule has 0 aliphatic rings. The molecule has 0 aromatic heterocycles. The number of hydrogen-bond donors (Lipinski definition) is 1. The van der Waals surface area contributed by atoms with Crippen LogP contribution < -0.4 is 4.74 Å². The molecule has 3 heteroatoms. The van der Waals surface area contributed by atoms with Crippen molar-refractivity contribution in [2.75, 3.05) is 0 Å². The van der Waals surface area contributed by atoms with Crippen molar-refractivity contribution < 1.29 is 14.6 Å². The van der Waals surface area contributed by atoms with Gasteiger partial charge in [0.15, 0.2) is 6.10 Å². The summed E-state index contributed by atoms with van der Waals surface area (Å²) < 4.78 is 5.50. The molecule has 0 aliphatic carbocycles. The topological polar surface area (TPSA) is 46.5 Å². The zero-order chi connectivity index (χ0) is 13.5. The van der Waals surface area contributed by atoms with Crippen molar-refractivity contribution in [2.24, 2.45) is 5.92 Å². The first-order valence-electron chi connectivity index (χ1n) is 6.55. The fourth-order valence-corrected chi connectivity index (χ4v) is 1.92. The molecule has 0 fully saturated rings. The summed E-state index contributed by atoms with van der Waals surface area (Å²) in [4.78, 5) is 10.8. The summed E-state index contributed by atoms with van der Waals surface area (Å²) in [6, 6.07) is 7.70. The number of carboxylic acid groups (broad SMARTS) is 1. The lowest BCUT2D eigenvalue weighted by Crippen LogP contribution is -2.23. The standard InChI is InChI=1S/C15H22O3/c1-4-12(5-2)10-13-8-6-7-9-14(13)18-11(3)15(16)17/h6-9,11-12H,4-5,10H2,1-3H3,(H,16,17). The van der Waals surface area contributed by atoms with Gasteiger partial charge >= 0.3 is 5.97 Å². The monoisotopic (exact) mass is 250 g/mol. The van der Waals surface area contributed by atoms with Gasteiger partial charge in [-0.05, 0) is 30.9 Å². The van der Waals surface area contributed by atoms with Gasteiger partial charge in [-0.3, -0.25) is 0 Å². The Hall–Kier alpha value is -1.51. The second kappa shape index (κ2) is 7.04. The Morgan fingerprint density at radius 2 is 1.89 bits per heavy atom. The van der Waals surface area contributed by atoms with Crippen molar-refractivity contribution in [1.82, 2.24) is 0 Å². The molecule has 1 atom stereocenters. The molecule has 0 amide bonds. The first-order valence-corrected chi connectivity index (χ1v) is 6.55. The van der Waals surface area contributed by atoms with E-state index in [4.69, 9.17) is 9.84 Å². The highest BCUT2D eigenvalue weighted by Crippen LogP contribution is 2.24. The maximum absolute atomic E-state index is 10.8. The number of carbonyl (C=O) groups is 1. The molecule has 3 nitrogen and oxygen atoms in total. The van der Waals surface area contributed by atoms with Crippen molar-refractivity contribution in [3.63, 3.8) is 0 Å². The minimum Gasteiger partial charge on any atom is -0.479 e. The van der Waals surface area contributed by atoms with Gasteiger partial charge in [-0.15, -0.1) is 0 Å². The summed E-state index contributed by atoms with van der Waals surface area (Å²) in [6.07, 6.45) is 2.38. The van der Waals surface area contributed by atoms with Gasteiger partial charge in [0.05, 0.1) is 0 Å². The van der Waals surface area contributed by atoms with Crippen LogP contribution in [0, 0.1) is 5.92 Å². The van der Waals surface area contributed by atoms with Crippen LogP contribution in [-0.2, 0) is 11.2 Å². The van der Waals surface area contributed by atoms with E-state index in [-0.39, 0.29) is 0 Å². The Morgan fingerprint density at radius 3 is 2.44 bits per heavy atom. The van der Waals surface area contributed by atoms with Crippen LogP contribution in [0.3, 0.4) is 0 Å². The Bertz CT molecular complexity index is 383. The lowest BCUT2D eigenvalue weighted by atomic mass is 9.94. The van der Waals surface area contributed by atoms with Crippen LogP contribution in [0.2, 0.25) is 0 Å². The fourth-order valence-electron chi connectivity index (χ4n) is 1.92. The molecular weight excluding hydrogens is 228 g/mol. The third-order valence-corrected chi connectivity index (χ3v) is 3.29. The van der Waals surface area contributed by atoms with Gasteiger partial charge in [0.25, 0.3) is 0 Å². The third kappa shape index (κ3) is 4.06. The number of carboxylic acids is 1. The van der Waals surface area contributed by atoms with Crippen LogP contribution >= 0.6 is 0 Å². The summed E-state index contributed by atoms with van der Waals surface area (Å²) in [6.45, 7) is 5.91. The molecule has 0 radical (unpaired) electrons. The Morgan fingerprint density at radius 1 is 1.28 bits per heavy atom. The van der Waals surface area contributed by atoms with E-state index in [1.54, 1.807) is 6.92 Å². The first-order chi connectivity index (χ1) is 8.58. The second-order valence-electron chi connectivity index (χ2n) is 4.59. The van der Waals surface area contributed by atoms with E-state index in [0.29, 0.717) is 11.7 Å². The molecule has 1 aromatic rings. The van der Waals surface area contributed by atoms with Gasteiger partial charge in [0, 0.05) is 0 Å². The van der Waals surface area contributed by atoms with Crippen LogP contribution in [-0.4, -0.2) is 17.2 Å². The zero-order valence-corrected chi connectivity index (χ0v) is 11.3.